The Balaban J connectivity index is 4.06. The fourth-order valence-electron chi connectivity index (χ4n) is 1.79. The van der Waals surface area contributed by atoms with Gasteiger partial charge in [0.15, 0.2) is 0 Å². The summed E-state index contributed by atoms with van der Waals surface area (Å²) in [4.78, 5) is 13.8. The molecule has 0 heterocycles. The van der Waals surface area contributed by atoms with Crippen molar-refractivity contribution in [1.82, 2.24) is 10.2 Å². The lowest BCUT2D eigenvalue weighted by atomic mass is 10.0. The number of hydrogen-bond donors (Lipinski definition) is 2. The summed E-state index contributed by atoms with van der Waals surface area (Å²) in [7, 11) is 4.06. The predicted molar refractivity (Wildman–Crippen MR) is 68.2 cm³/mol. The Morgan fingerprint density at radius 1 is 1.38 bits per heavy atom. The molecular formula is C12H27N3O. The van der Waals surface area contributed by atoms with Gasteiger partial charge in [-0.1, -0.05) is 27.2 Å². The summed E-state index contributed by atoms with van der Waals surface area (Å²) < 4.78 is 0. The molecule has 0 saturated heterocycles. The smallest absolute Gasteiger partial charge is 0.236 e. The molecule has 0 aliphatic rings. The van der Waals surface area contributed by atoms with Crippen LogP contribution in [0.1, 0.15) is 33.6 Å². The van der Waals surface area contributed by atoms with Gasteiger partial charge in [-0.05, 0) is 26.4 Å². The van der Waals surface area contributed by atoms with Gasteiger partial charge in [-0.25, -0.2) is 0 Å². The van der Waals surface area contributed by atoms with Crippen molar-refractivity contribution in [2.75, 3.05) is 20.6 Å². The van der Waals surface area contributed by atoms with Crippen LogP contribution in [0.15, 0.2) is 0 Å². The number of likely N-dealkylation sites (N-methyl/N-ethyl adjacent to an activating group) is 1. The van der Waals surface area contributed by atoms with Gasteiger partial charge in [0.25, 0.3) is 0 Å². The second-order valence-electron chi connectivity index (χ2n) is 4.92. The molecule has 0 radical (unpaired) electrons. The molecule has 0 aromatic heterocycles. The van der Waals surface area contributed by atoms with Crippen LogP contribution in [0, 0.1) is 5.92 Å². The van der Waals surface area contributed by atoms with Gasteiger partial charge >= 0.3 is 0 Å². The highest BCUT2D eigenvalue weighted by Crippen LogP contribution is 2.06. The zero-order valence-electron chi connectivity index (χ0n) is 11.3. The third-order valence-electron chi connectivity index (χ3n) is 2.85. The number of nitrogens with zero attached hydrogens (tertiary/aromatic N) is 1. The van der Waals surface area contributed by atoms with E-state index in [1.807, 2.05) is 21.0 Å². The van der Waals surface area contributed by atoms with Crippen LogP contribution in [0.25, 0.3) is 0 Å². The monoisotopic (exact) mass is 229 g/mol. The van der Waals surface area contributed by atoms with Crippen LogP contribution in [0.2, 0.25) is 0 Å². The molecule has 0 saturated carbocycles. The Kier molecular flexibility index (Phi) is 7.34. The summed E-state index contributed by atoms with van der Waals surface area (Å²) in [6.07, 6.45) is 1.69. The van der Waals surface area contributed by atoms with Gasteiger partial charge in [-0.3, -0.25) is 4.79 Å². The zero-order valence-corrected chi connectivity index (χ0v) is 11.3. The first-order valence-corrected chi connectivity index (χ1v) is 6.09. The molecule has 2 atom stereocenters. The van der Waals surface area contributed by atoms with Crippen molar-refractivity contribution in [1.29, 1.82) is 0 Å². The summed E-state index contributed by atoms with van der Waals surface area (Å²) in [6.45, 7) is 7.01. The standard InChI is InChI=1S/C12H27N3O/c1-6-7-10(13)12(16)14-8-11(9(2)3)15(4)5/h9-11H,6-8,13H2,1-5H3,(H,14,16)/t10-,11?/m0/s1. The molecule has 0 spiro atoms. The Morgan fingerprint density at radius 3 is 2.31 bits per heavy atom. The van der Waals surface area contributed by atoms with Crippen LogP contribution in [0.3, 0.4) is 0 Å². The Morgan fingerprint density at radius 2 is 1.94 bits per heavy atom. The van der Waals surface area contributed by atoms with E-state index in [9.17, 15) is 4.79 Å². The third kappa shape index (κ3) is 5.47. The third-order valence-corrected chi connectivity index (χ3v) is 2.85. The van der Waals surface area contributed by atoms with E-state index in [4.69, 9.17) is 5.73 Å². The minimum atomic E-state index is -0.361. The minimum absolute atomic E-state index is 0.0330. The van der Waals surface area contributed by atoms with Gasteiger partial charge in [0.05, 0.1) is 6.04 Å². The van der Waals surface area contributed by atoms with Crippen LogP contribution in [0.4, 0.5) is 0 Å². The first kappa shape index (κ1) is 15.4. The lowest BCUT2D eigenvalue weighted by Crippen LogP contribution is -2.48. The van der Waals surface area contributed by atoms with Crippen LogP contribution in [0.5, 0.6) is 0 Å². The number of nitrogens with one attached hydrogen (secondary N) is 1. The summed E-state index contributed by atoms with van der Waals surface area (Å²) in [5.41, 5.74) is 5.74. The van der Waals surface area contributed by atoms with Gasteiger partial charge in [0.2, 0.25) is 5.91 Å². The second kappa shape index (κ2) is 7.63. The fourth-order valence-corrected chi connectivity index (χ4v) is 1.79. The maximum atomic E-state index is 11.6. The van der Waals surface area contributed by atoms with E-state index in [1.165, 1.54) is 0 Å². The summed E-state index contributed by atoms with van der Waals surface area (Å²) >= 11 is 0. The molecule has 1 amide bonds. The van der Waals surface area contributed by atoms with Gasteiger partial charge in [0.1, 0.15) is 0 Å². The van der Waals surface area contributed by atoms with Crippen molar-refractivity contribution in [2.24, 2.45) is 11.7 Å². The van der Waals surface area contributed by atoms with Crippen molar-refractivity contribution < 1.29 is 4.79 Å². The number of nitrogens with two attached hydrogens (primary N) is 1. The second-order valence-corrected chi connectivity index (χ2v) is 4.92. The molecule has 0 aliphatic carbocycles. The van der Waals surface area contributed by atoms with E-state index in [0.29, 0.717) is 18.5 Å². The van der Waals surface area contributed by atoms with Crippen LogP contribution in [-0.2, 0) is 4.79 Å². The fraction of sp³-hybridized carbons (Fsp3) is 0.917. The Bertz CT molecular complexity index is 196. The normalized spacial score (nSPS) is 15.2. The average Bonchev–Trinajstić information content (AvgIpc) is 2.16. The van der Waals surface area contributed by atoms with Crippen molar-refractivity contribution in [3.63, 3.8) is 0 Å². The van der Waals surface area contributed by atoms with Gasteiger partial charge in [0, 0.05) is 12.6 Å². The number of carbonyl (C=O) groups is 1. The Hall–Kier alpha value is -0.610. The zero-order chi connectivity index (χ0) is 12.7. The highest BCUT2D eigenvalue weighted by atomic mass is 16.2. The quantitative estimate of drug-likeness (QED) is 0.679. The van der Waals surface area contributed by atoms with Gasteiger partial charge < -0.3 is 16.0 Å². The molecule has 0 aliphatic heterocycles. The number of carbonyl (C=O) groups excluding carboxylic acids is 1. The largest absolute Gasteiger partial charge is 0.353 e. The highest BCUT2D eigenvalue weighted by molar-refractivity contribution is 5.81. The molecule has 1 unspecified atom stereocenters. The molecular weight excluding hydrogens is 202 g/mol. The van der Waals surface area contributed by atoms with E-state index >= 15 is 0 Å². The van der Waals surface area contributed by atoms with Gasteiger partial charge in [-0.2, -0.15) is 0 Å². The lowest BCUT2D eigenvalue weighted by molar-refractivity contribution is -0.122. The highest BCUT2D eigenvalue weighted by Gasteiger charge is 2.18. The van der Waals surface area contributed by atoms with Crippen molar-refractivity contribution in [2.45, 2.75) is 45.7 Å². The molecule has 0 fully saturated rings. The van der Waals surface area contributed by atoms with Gasteiger partial charge in [-0.15, -0.1) is 0 Å². The van der Waals surface area contributed by atoms with Crippen LogP contribution in [-0.4, -0.2) is 43.5 Å². The van der Waals surface area contributed by atoms with Crippen LogP contribution < -0.4 is 11.1 Å². The maximum Gasteiger partial charge on any atom is 0.236 e. The topological polar surface area (TPSA) is 58.4 Å². The number of hydrogen-bond acceptors (Lipinski definition) is 3. The summed E-state index contributed by atoms with van der Waals surface area (Å²) in [6, 6.07) is -0.00208. The lowest BCUT2D eigenvalue weighted by Gasteiger charge is -2.28. The molecule has 0 aromatic rings. The molecule has 0 bridgehead atoms. The maximum absolute atomic E-state index is 11.6. The van der Waals surface area contributed by atoms with E-state index < -0.39 is 0 Å². The first-order chi connectivity index (χ1) is 7.40. The summed E-state index contributed by atoms with van der Waals surface area (Å²) in [5, 5.41) is 2.92. The molecule has 4 heteroatoms. The van der Waals surface area contributed by atoms with Crippen molar-refractivity contribution >= 4 is 5.91 Å². The molecule has 0 rings (SSSR count). The molecule has 4 nitrogen and oxygen atoms in total. The number of amides is 1. The SMILES string of the molecule is CCC[C@H](N)C(=O)NCC(C(C)C)N(C)C. The van der Waals surface area contributed by atoms with Crippen molar-refractivity contribution in [3.05, 3.63) is 0 Å². The average molecular weight is 229 g/mol. The van der Waals surface area contributed by atoms with E-state index in [0.717, 1.165) is 12.8 Å². The van der Waals surface area contributed by atoms with E-state index in [1.54, 1.807) is 0 Å². The summed E-state index contributed by atoms with van der Waals surface area (Å²) in [5.74, 6) is 0.479. The van der Waals surface area contributed by atoms with Crippen molar-refractivity contribution in [3.8, 4) is 0 Å². The molecule has 3 N–H and O–H groups in total. The number of rotatable bonds is 7. The molecule has 16 heavy (non-hydrogen) atoms. The van der Waals surface area contributed by atoms with E-state index in [-0.39, 0.29) is 11.9 Å². The molecule has 0 aromatic carbocycles. The first-order valence-electron chi connectivity index (χ1n) is 6.09. The predicted octanol–water partition coefficient (Wildman–Crippen LogP) is 0.816. The van der Waals surface area contributed by atoms with Crippen LogP contribution >= 0.6 is 0 Å². The van der Waals surface area contributed by atoms with E-state index in [2.05, 4.69) is 24.1 Å². The molecule has 96 valence electrons. The minimum Gasteiger partial charge on any atom is -0.353 e. The Labute approximate surface area is 99.6 Å².